The van der Waals surface area contributed by atoms with E-state index in [1.54, 1.807) is 6.07 Å². The molecule has 3 nitrogen and oxygen atoms in total. The van der Waals surface area contributed by atoms with Gasteiger partial charge in [0.15, 0.2) is 0 Å². The molecule has 14 heavy (non-hydrogen) atoms. The van der Waals surface area contributed by atoms with Gasteiger partial charge in [-0.1, -0.05) is 11.6 Å². The third-order valence-electron chi connectivity index (χ3n) is 1.72. The van der Waals surface area contributed by atoms with E-state index in [1.807, 2.05) is 31.1 Å². The van der Waals surface area contributed by atoms with Crippen LogP contribution in [0.3, 0.4) is 0 Å². The van der Waals surface area contributed by atoms with E-state index in [1.165, 1.54) is 6.92 Å². The Morgan fingerprint density at radius 2 is 2.00 bits per heavy atom. The van der Waals surface area contributed by atoms with Gasteiger partial charge in [-0.3, -0.25) is 4.79 Å². The normalized spacial score (nSPS) is 9.71. The maximum Gasteiger partial charge on any atom is 0.221 e. The van der Waals surface area contributed by atoms with E-state index in [2.05, 4.69) is 5.32 Å². The van der Waals surface area contributed by atoms with Gasteiger partial charge in [-0.25, -0.2) is 0 Å². The molecule has 0 saturated carbocycles. The summed E-state index contributed by atoms with van der Waals surface area (Å²) in [6, 6.07) is 5.43. The number of halogens is 1. The minimum Gasteiger partial charge on any atom is -0.378 e. The summed E-state index contributed by atoms with van der Waals surface area (Å²) >= 11 is 5.90. The van der Waals surface area contributed by atoms with Crippen LogP contribution in [0.15, 0.2) is 18.2 Å². The Bertz CT molecular complexity index is 350. The second kappa shape index (κ2) is 4.33. The van der Waals surface area contributed by atoms with Gasteiger partial charge < -0.3 is 10.2 Å². The number of benzene rings is 1. The summed E-state index contributed by atoms with van der Waals surface area (Å²) in [5.41, 5.74) is 1.68. The first-order chi connectivity index (χ1) is 6.49. The van der Waals surface area contributed by atoms with Crippen LogP contribution in [0.1, 0.15) is 6.92 Å². The maximum absolute atomic E-state index is 10.8. The predicted octanol–water partition coefficient (Wildman–Crippen LogP) is 2.36. The molecule has 0 unspecified atom stereocenters. The van der Waals surface area contributed by atoms with Gasteiger partial charge in [0.25, 0.3) is 0 Å². The van der Waals surface area contributed by atoms with Gasteiger partial charge >= 0.3 is 0 Å². The molecule has 0 fully saturated rings. The molecule has 1 rings (SSSR count). The zero-order valence-electron chi connectivity index (χ0n) is 8.47. The lowest BCUT2D eigenvalue weighted by molar-refractivity contribution is -0.114. The van der Waals surface area contributed by atoms with Gasteiger partial charge in [-0.05, 0) is 18.2 Å². The topological polar surface area (TPSA) is 32.3 Å². The smallest absolute Gasteiger partial charge is 0.221 e. The molecule has 4 heteroatoms. The molecule has 0 aliphatic rings. The molecule has 1 N–H and O–H groups in total. The van der Waals surface area contributed by atoms with E-state index in [9.17, 15) is 4.79 Å². The van der Waals surface area contributed by atoms with Crippen molar-refractivity contribution in [3.63, 3.8) is 0 Å². The van der Waals surface area contributed by atoms with Crippen molar-refractivity contribution in [2.75, 3.05) is 24.3 Å². The number of anilines is 2. The van der Waals surface area contributed by atoms with E-state index in [0.29, 0.717) is 10.7 Å². The van der Waals surface area contributed by atoms with Crippen LogP contribution >= 0.6 is 11.6 Å². The van der Waals surface area contributed by atoms with E-state index in [0.717, 1.165) is 5.69 Å². The largest absolute Gasteiger partial charge is 0.378 e. The summed E-state index contributed by atoms with van der Waals surface area (Å²) in [4.78, 5) is 12.8. The van der Waals surface area contributed by atoms with Crippen molar-refractivity contribution in [1.82, 2.24) is 0 Å². The SMILES string of the molecule is CC(=O)Nc1cc(Cl)cc(N(C)C)c1. The quantitative estimate of drug-likeness (QED) is 0.817. The highest BCUT2D eigenvalue weighted by Gasteiger charge is 2.02. The average molecular weight is 213 g/mol. The Hall–Kier alpha value is -1.22. The van der Waals surface area contributed by atoms with E-state index in [4.69, 9.17) is 11.6 Å². The standard InChI is InChI=1S/C10H13ClN2O/c1-7(14)12-9-4-8(11)5-10(6-9)13(2)3/h4-6H,1-3H3,(H,12,14). The molecule has 0 saturated heterocycles. The molecule has 0 spiro atoms. The van der Waals surface area contributed by atoms with E-state index >= 15 is 0 Å². The lowest BCUT2D eigenvalue weighted by atomic mass is 10.2. The third kappa shape index (κ3) is 2.92. The van der Waals surface area contributed by atoms with Gasteiger partial charge in [-0.15, -0.1) is 0 Å². The minimum atomic E-state index is -0.100. The van der Waals surface area contributed by atoms with Crippen LogP contribution in [-0.2, 0) is 4.79 Å². The van der Waals surface area contributed by atoms with Crippen LogP contribution in [0.25, 0.3) is 0 Å². The number of nitrogens with zero attached hydrogens (tertiary/aromatic N) is 1. The number of hydrogen-bond acceptors (Lipinski definition) is 2. The lowest BCUT2D eigenvalue weighted by Crippen LogP contribution is -2.10. The number of amides is 1. The Kier molecular flexibility index (Phi) is 3.36. The minimum absolute atomic E-state index is 0.100. The van der Waals surface area contributed by atoms with Gasteiger partial charge in [0.05, 0.1) is 0 Å². The number of hydrogen-bond donors (Lipinski definition) is 1. The molecule has 0 heterocycles. The molecule has 0 radical (unpaired) electrons. The molecule has 76 valence electrons. The fraction of sp³-hybridized carbons (Fsp3) is 0.300. The van der Waals surface area contributed by atoms with Crippen molar-refractivity contribution in [3.8, 4) is 0 Å². The molecular weight excluding hydrogens is 200 g/mol. The summed E-state index contributed by atoms with van der Waals surface area (Å²) in [6.07, 6.45) is 0. The van der Waals surface area contributed by atoms with Crippen LogP contribution in [0.5, 0.6) is 0 Å². The van der Waals surface area contributed by atoms with Crippen LogP contribution in [0.4, 0.5) is 11.4 Å². The highest BCUT2D eigenvalue weighted by molar-refractivity contribution is 6.31. The number of rotatable bonds is 2. The Labute approximate surface area is 88.7 Å². The van der Waals surface area contributed by atoms with Crippen LogP contribution in [-0.4, -0.2) is 20.0 Å². The van der Waals surface area contributed by atoms with E-state index in [-0.39, 0.29) is 5.91 Å². The highest BCUT2D eigenvalue weighted by Crippen LogP contribution is 2.24. The number of carbonyl (C=O) groups excluding carboxylic acids is 1. The van der Waals surface area contributed by atoms with Gasteiger partial charge in [0, 0.05) is 37.4 Å². The molecule has 0 atom stereocenters. The zero-order valence-corrected chi connectivity index (χ0v) is 9.22. The Morgan fingerprint density at radius 3 is 2.50 bits per heavy atom. The van der Waals surface area contributed by atoms with Crippen molar-refractivity contribution in [2.45, 2.75) is 6.92 Å². The molecule has 1 aromatic rings. The predicted molar refractivity (Wildman–Crippen MR) is 60.1 cm³/mol. The summed E-state index contributed by atoms with van der Waals surface area (Å²) in [5.74, 6) is -0.100. The Balaban J connectivity index is 3.01. The second-order valence-electron chi connectivity index (χ2n) is 3.27. The van der Waals surface area contributed by atoms with Crippen molar-refractivity contribution < 1.29 is 4.79 Å². The van der Waals surface area contributed by atoms with Crippen LogP contribution in [0, 0.1) is 0 Å². The molecule has 0 aromatic heterocycles. The summed E-state index contributed by atoms with van der Waals surface area (Å²) in [6.45, 7) is 1.47. The first kappa shape index (κ1) is 10.9. The van der Waals surface area contributed by atoms with Crippen molar-refractivity contribution in [3.05, 3.63) is 23.2 Å². The molecule has 1 aromatic carbocycles. The van der Waals surface area contributed by atoms with Crippen LogP contribution < -0.4 is 10.2 Å². The van der Waals surface area contributed by atoms with E-state index < -0.39 is 0 Å². The first-order valence-corrected chi connectivity index (χ1v) is 4.62. The van der Waals surface area contributed by atoms with Crippen molar-refractivity contribution >= 4 is 28.9 Å². The first-order valence-electron chi connectivity index (χ1n) is 4.24. The van der Waals surface area contributed by atoms with Crippen molar-refractivity contribution in [1.29, 1.82) is 0 Å². The number of nitrogens with one attached hydrogen (secondary N) is 1. The Morgan fingerprint density at radius 1 is 1.36 bits per heavy atom. The fourth-order valence-electron chi connectivity index (χ4n) is 1.11. The summed E-state index contributed by atoms with van der Waals surface area (Å²) in [7, 11) is 3.84. The number of carbonyl (C=O) groups is 1. The molecule has 1 amide bonds. The molecule has 0 aliphatic heterocycles. The van der Waals surface area contributed by atoms with Crippen LogP contribution in [0.2, 0.25) is 5.02 Å². The summed E-state index contributed by atoms with van der Waals surface area (Å²) in [5, 5.41) is 3.30. The molecule has 0 aliphatic carbocycles. The fourth-order valence-corrected chi connectivity index (χ4v) is 1.34. The highest BCUT2D eigenvalue weighted by atomic mass is 35.5. The van der Waals surface area contributed by atoms with Gasteiger partial charge in [0.1, 0.15) is 0 Å². The monoisotopic (exact) mass is 212 g/mol. The lowest BCUT2D eigenvalue weighted by Gasteiger charge is -2.14. The van der Waals surface area contributed by atoms with Gasteiger partial charge in [0.2, 0.25) is 5.91 Å². The van der Waals surface area contributed by atoms with Gasteiger partial charge in [-0.2, -0.15) is 0 Å². The summed E-state index contributed by atoms with van der Waals surface area (Å²) < 4.78 is 0. The third-order valence-corrected chi connectivity index (χ3v) is 1.94. The molecule has 0 bridgehead atoms. The maximum atomic E-state index is 10.8. The zero-order chi connectivity index (χ0) is 10.7. The second-order valence-corrected chi connectivity index (χ2v) is 3.71. The average Bonchev–Trinajstić information content (AvgIpc) is 2.01. The molecular formula is C10H13ClN2O. The van der Waals surface area contributed by atoms with Crippen molar-refractivity contribution in [2.24, 2.45) is 0 Å².